The molecular formula is C20H19BrN4O2. The van der Waals surface area contributed by atoms with Crippen LogP contribution in [-0.2, 0) is 0 Å². The second-order valence-corrected chi connectivity index (χ2v) is 7.53. The predicted octanol–water partition coefficient (Wildman–Crippen LogP) is 5.18. The number of carbonyl (C=O) groups is 1. The molecule has 0 radical (unpaired) electrons. The third kappa shape index (κ3) is 3.88. The number of nitrogens with zero attached hydrogens (tertiary/aromatic N) is 3. The van der Waals surface area contributed by atoms with Crippen LogP contribution in [0.4, 0.5) is 10.5 Å². The number of aromatic nitrogens is 2. The Morgan fingerprint density at radius 3 is 2.67 bits per heavy atom. The van der Waals surface area contributed by atoms with Crippen LogP contribution in [-0.4, -0.2) is 27.6 Å². The van der Waals surface area contributed by atoms with Crippen molar-refractivity contribution in [1.29, 1.82) is 0 Å². The van der Waals surface area contributed by atoms with Crippen LogP contribution in [0.3, 0.4) is 0 Å². The Labute approximate surface area is 165 Å². The summed E-state index contributed by atoms with van der Waals surface area (Å²) in [6.45, 7) is 2.68. The van der Waals surface area contributed by atoms with Crippen molar-refractivity contribution >= 4 is 27.6 Å². The molecular weight excluding hydrogens is 408 g/mol. The molecule has 0 saturated carbocycles. The molecule has 4 rings (SSSR count). The molecule has 6 nitrogen and oxygen atoms in total. The minimum atomic E-state index is -0.202. The molecule has 0 spiro atoms. The number of carbonyl (C=O) groups excluding carboxylic acids is 1. The average Bonchev–Trinajstić information content (AvgIpc) is 3.33. The maximum atomic E-state index is 12.7. The van der Waals surface area contributed by atoms with Crippen LogP contribution in [0.1, 0.15) is 30.3 Å². The molecule has 1 aliphatic rings. The summed E-state index contributed by atoms with van der Waals surface area (Å²) in [5.74, 6) is 1.01. The fourth-order valence-corrected chi connectivity index (χ4v) is 3.45. The third-order valence-electron chi connectivity index (χ3n) is 4.65. The standard InChI is InChI=1S/C20H19BrN4O2/c1-13-4-10-16(11-5-13)22-20(26)25-12-2-3-17(25)19-23-18(24-27-19)14-6-8-15(21)9-7-14/h4-11,17H,2-3,12H2,1H3,(H,22,26). The highest BCUT2D eigenvalue weighted by Crippen LogP contribution is 2.32. The number of hydrogen-bond donors (Lipinski definition) is 1. The van der Waals surface area contributed by atoms with Gasteiger partial charge >= 0.3 is 6.03 Å². The van der Waals surface area contributed by atoms with E-state index in [1.54, 1.807) is 4.90 Å². The topological polar surface area (TPSA) is 71.3 Å². The van der Waals surface area contributed by atoms with Gasteiger partial charge in [0.15, 0.2) is 0 Å². The van der Waals surface area contributed by atoms with Crippen LogP contribution in [0, 0.1) is 6.92 Å². The van der Waals surface area contributed by atoms with Crippen molar-refractivity contribution in [3.63, 3.8) is 0 Å². The number of likely N-dealkylation sites (tertiary alicyclic amines) is 1. The lowest BCUT2D eigenvalue weighted by atomic mass is 10.2. The number of hydrogen-bond acceptors (Lipinski definition) is 4. The largest absolute Gasteiger partial charge is 0.337 e. The second kappa shape index (κ2) is 7.52. The minimum absolute atomic E-state index is 0.148. The maximum absolute atomic E-state index is 12.7. The Morgan fingerprint density at radius 2 is 1.93 bits per heavy atom. The molecule has 2 aromatic carbocycles. The van der Waals surface area contributed by atoms with Crippen LogP contribution in [0.5, 0.6) is 0 Å². The molecule has 7 heteroatoms. The van der Waals surface area contributed by atoms with E-state index in [4.69, 9.17) is 4.52 Å². The van der Waals surface area contributed by atoms with Gasteiger partial charge in [0.25, 0.3) is 0 Å². The summed E-state index contributed by atoms with van der Waals surface area (Å²) >= 11 is 3.42. The number of benzene rings is 2. The Bertz CT molecular complexity index is 937. The van der Waals surface area contributed by atoms with Crippen LogP contribution in [0.2, 0.25) is 0 Å². The van der Waals surface area contributed by atoms with Gasteiger partial charge in [0.1, 0.15) is 6.04 Å². The fourth-order valence-electron chi connectivity index (χ4n) is 3.19. The van der Waals surface area contributed by atoms with Gasteiger partial charge in [-0.25, -0.2) is 4.79 Å². The lowest BCUT2D eigenvalue weighted by Crippen LogP contribution is -2.34. The van der Waals surface area contributed by atoms with Crippen LogP contribution < -0.4 is 5.32 Å². The van der Waals surface area contributed by atoms with Crippen molar-refractivity contribution in [2.75, 3.05) is 11.9 Å². The van der Waals surface area contributed by atoms with Crippen molar-refractivity contribution < 1.29 is 9.32 Å². The van der Waals surface area contributed by atoms with Gasteiger partial charge in [-0.05, 0) is 56.2 Å². The number of aryl methyl sites for hydroxylation is 1. The molecule has 3 aromatic rings. The Hall–Kier alpha value is -2.67. The number of urea groups is 1. The van der Waals surface area contributed by atoms with E-state index in [2.05, 4.69) is 31.4 Å². The van der Waals surface area contributed by atoms with Crippen molar-refractivity contribution in [3.8, 4) is 11.4 Å². The molecule has 1 aromatic heterocycles. The summed E-state index contributed by atoms with van der Waals surface area (Å²) in [6.07, 6.45) is 1.71. The van der Waals surface area contributed by atoms with Gasteiger partial charge in [-0.3, -0.25) is 0 Å². The first-order valence-corrected chi connectivity index (χ1v) is 9.63. The summed E-state index contributed by atoms with van der Waals surface area (Å²) in [6, 6.07) is 15.1. The highest BCUT2D eigenvalue weighted by Gasteiger charge is 2.34. The van der Waals surface area contributed by atoms with Gasteiger partial charge in [0, 0.05) is 22.3 Å². The highest BCUT2D eigenvalue weighted by molar-refractivity contribution is 9.10. The maximum Gasteiger partial charge on any atom is 0.322 e. The van der Waals surface area contributed by atoms with Crippen molar-refractivity contribution in [3.05, 3.63) is 64.5 Å². The molecule has 1 atom stereocenters. The molecule has 1 aliphatic heterocycles. The molecule has 27 heavy (non-hydrogen) atoms. The Kier molecular flexibility index (Phi) is 4.94. The van der Waals surface area contributed by atoms with Crippen LogP contribution >= 0.6 is 15.9 Å². The number of anilines is 1. The van der Waals surface area contributed by atoms with Crippen LogP contribution in [0.25, 0.3) is 11.4 Å². The van der Waals surface area contributed by atoms with Crippen molar-refractivity contribution in [2.24, 2.45) is 0 Å². The SMILES string of the molecule is Cc1ccc(NC(=O)N2CCCC2c2nc(-c3ccc(Br)cc3)no2)cc1. The second-order valence-electron chi connectivity index (χ2n) is 6.61. The zero-order chi connectivity index (χ0) is 18.8. The van der Waals surface area contributed by atoms with Crippen molar-refractivity contribution in [1.82, 2.24) is 15.0 Å². The summed E-state index contributed by atoms with van der Waals surface area (Å²) < 4.78 is 6.48. The third-order valence-corrected chi connectivity index (χ3v) is 5.17. The summed E-state index contributed by atoms with van der Waals surface area (Å²) in [7, 11) is 0. The number of rotatable bonds is 3. The lowest BCUT2D eigenvalue weighted by molar-refractivity contribution is 0.193. The molecule has 2 heterocycles. The fraction of sp³-hybridized carbons (Fsp3) is 0.250. The highest BCUT2D eigenvalue weighted by atomic mass is 79.9. The summed E-state index contributed by atoms with van der Waals surface area (Å²) in [4.78, 5) is 19.0. The number of amides is 2. The molecule has 1 N–H and O–H groups in total. The van der Waals surface area contributed by atoms with E-state index in [0.29, 0.717) is 18.3 Å². The van der Waals surface area contributed by atoms with E-state index in [1.807, 2.05) is 55.5 Å². The monoisotopic (exact) mass is 426 g/mol. The van der Waals surface area contributed by atoms with E-state index in [1.165, 1.54) is 0 Å². The number of halogens is 1. The lowest BCUT2D eigenvalue weighted by Gasteiger charge is -2.22. The minimum Gasteiger partial charge on any atom is -0.337 e. The molecule has 1 unspecified atom stereocenters. The zero-order valence-corrected chi connectivity index (χ0v) is 16.4. The Morgan fingerprint density at radius 1 is 1.19 bits per heavy atom. The zero-order valence-electron chi connectivity index (χ0n) is 14.9. The summed E-state index contributed by atoms with van der Waals surface area (Å²) in [5.41, 5.74) is 2.80. The normalized spacial score (nSPS) is 16.5. The van der Waals surface area contributed by atoms with Gasteiger partial charge in [0.2, 0.25) is 11.7 Å². The molecule has 138 valence electrons. The van der Waals surface area contributed by atoms with Crippen LogP contribution in [0.15, 0.2) is 57.5 Å². The quantitative estimate of drug-likeness (QED) is 0.626. The first kappa shape index (κ1) is 17.7. The van der Waals surface area contributed by atoms with E-state index >= 15 is 0 Å². The number of nitrogens with one attached hydrogen (secondary N) is 1. The van der Waals surface area contributed by atoms with Gasteiger partial charge < -0.3 is 14.7 Å². The molecule has 1 saturated heterocycles. The summed E-state index contributed by atoms with van der Waals surface area (Å²) in [5, 5.41) is 7.04. The van der Waals surface area contributed by atoms with E-state index in [-0.39, 0.29) is 12.1 Å². The van der Waals surface area contributed by atoms with Gasteiger partial charge in [-0.1, -0.05) is 38.8 Å². The first-order valence-electron chi connectivity index (χ1n) is 8.84. The molecule has 0 aliphatic carbocycles. The van der Waals surface area contributed by atoms with Crippen molar-refractivity contribution in [2.45, 2.75) is 25.8 Å². The smallest absolute Gasteiger partial charge is 0.322 e. The van der Waals surface area contributed by atoms with Gasteiger partial charge in [-0.2, -0.15) is 4.98 Å². The molecule has 0 bridgehead atoms. The molecule has 1 fully saturated rings. The van der Waals surface area contributed by atoms with Gasteiger partial charge in [-0.15, -0.1) is 0 Å². The van der Waals surface area contributed by atoms with E-state index in [9.17, 15) is 4.79 Å². The van der Waals surface area contributed by atoms with E-state index < -0.39 is 0 Å². The molecule has 2 amide bonds. The first-order chi connectivity index (χ1) is 13.1. The Balaban J connectivity index is 1.50. The van der Waals surface area contributed by atoms with Gasteiger partial charge in [0.05, 0.1) is 0 Å². The average molecular weight is 427 g/mol. The van der Waals surface area contributed by atoms with E-state index in [0.717, 1.165) is 34.1 Å². The predicted molar refractivity (Wildman–Crippen MR) is 106 cm³/mol.